The maximum absolute atomic E-state index is 12.7. The number of carbonyl (C=O) groups is 1. The van der Waals surface area contributed by atoms with E-state index in [1.165, 1.54) is 0 Å². The molecule has 0 aliphatic heterocycles. The Bertz CT molecular complexity index is 844. The van der Waals surface area contributed by atoms with Gasteiger partial charge >= 0.3 is 5.97 Å². The summed E-state index contributed by atoms with van der Waals surface area (Å²) in [7, 11) is 1.57. The van der Waals surface area contributed by atoms with Crippen LogP contribution in [0.25, 0.3) is 10.8 Å². The summed E-state index contributed by atoms with van der Waals surface area (Å²) in [6.45, 7) is 0. The molecule has 0 saturated heterocycles. The summed E-state index contributed by atoms with van der Waals surface area (Å²) < 4.78 is 11.0. The maximum Gasteiger partial charge on any atom is 0.347 e. The number of methoxy groups -OCH3 is 1. The third kappa shape index (κ3) is 3.08. The molecule has 3 aromatic rings. The van der Waals surface area contributed by atoms with Crippen LogP contribution in [-0.2, 0) is 5.33 Å². The molecule has 0 aliphatic rings. The van der Waals surface area contributed by atoms with Crippen molar-refractivity contribution in [1.29, 1.82) is 0 Å². The summed E-state index contributed by atoms with van der Waals surface area (Å²) in [5.41, 5.74) is 1.29. The van der Waals surface area contributed by atoms with Crippen LogP contribution in [0.15, 0.2) is 60.7 Å². The molecule has 0 heterocycles. The lowest BCUT2D eigenvalue weighted by Gasteiger charge is -2.15. The van der Waals surface area contributed by atoms with Crippen LogP contribution in [-0.4, -0.2) is 13.1 Å². The Morgan fingerprint density at radius 2 is 1.74 bits per heavy atom. The fourth-order valence-corrected chi connectivity index (χ4v) is 3.00. The molecule has 0 unspecified atom stereocenters. The highest BCUT2D eigenvalue weighted by molar-refractivity contribution is 9.08. The van der Waals surface area contributed by atoms with Crippen molar-refractivity contribution in [3.8, 4) is 11.5 Å². The van der Waals surface area contributed by atoms with Gasteiger partial charge in [-0.3, -0.25) is 0 Å². The number of halogens is 1. The van der Waals surface area contributed by atoms with E-state index >= 15 is 0 Å². The van der Waals surface area contributed by atoms with Crippen molar-refractivity contribution in [1.82, 2.24) is 0 Å². The SMILES string of the molecule is COc1c(C(=O)Oc2ccccc2)c(CBr)cc2ccccc12. The predicted molar refractivity (Wildman–Crippen MR) is 94.5 cm³/mol. The molecule has 0 N–H and O–H groups in total. The van der Waals surface area contributed by atoms with Crippen molar-refractivity contribution in [2.75, 3.05) is 7.11 Å². The van der Waals surface area contributed by atoms with Crippen LogP contribution in [0.5, 0.6) is 11.5 Å². The molecule has 3 aromatic carbocycles. The number of hydrogen-bond donors (Lipinski definition) is 0. The summed E-state index contributed by atoms with van der Waals surface area (Å²) in [6, 6.07) is 18.8. The van der Waals surface area contributed by atoms with Crippen LogP contribution in [0.2, 0.25) is 0 Å². The molecule has 0 aliphatic carbocycles. The molecule has 0 spiro atoms. The standard InChI is InChI=1S/C19H15BrO3/c1-22-18-16-10-6-5-7-13(16)11-14(12-20)17(18)19(21)23-15-8-3-2-4-9-15/h2-11H,12H2,1H3. The van der Waals surface area contributed by atoms with Gasteiger partial charge < -0.3 is 9.47 Å². The molecule has 3 rings (SSSR count). The topological polar surface area (TPSA) is 35.5 Å². The van der Waals surface area contributed by atoms with E-state index in [1.807, 2.05) is 48.5 Å². The Morgan fingerprint density at radius 1 is 1.04 bits per heavy atom. The molecule has 0 bridgehead atoms. The average Bonchev–Trinajstić information content (AvgIpc) is 2.60. The van der Waals surface area contributed by atoms with E-state index in [4.69, 9.17) is 9.47 Å². The number of para-hydroxylation sites is 1. The largest absolute Gasteiger partial charge is 0.495 e. The Kier molecular flexibility index (Phi) is 4.63. The van der Waals surface area contributed by atoms with E-state index in [9.17, 15) is 4.79 Å². The van der Waals surface area contributed by atoms with Crippen molar-refractivity contribution < 1.29 is 14.3 Å². The number of esters is 1. The summed E-state index contributed by atoms with van der Waals surface area (Å²) in [5.74, 6) is 0.625. The summed E-state index contributed by atoms with van der Waals surface area (Å²) in [4.78, 5) is 12.7. The van der Waals surface area contributed by atoms with E-state index in [0.717, 1.165) is 16.3 Å². The summed E-state index contributed by atoms with van der Waals surface area (Å²) >= 11 is 3.45. The highest BCUT2D eigenvalue weighted by Crippen LogP contribution is 2.34. The molecule has 3 nitrogen and oxygen atoms in total. The van der Waals surface area contributed by atoms with Gasteiger partial charge in [0.1, 0.15) is 17.1 Å². The first kappa shape index (κ1) is 15.6. The highest BCUT2D eigenvalue weighted by Gasteiger charge is 2.22. The zero-order valence-corrected chi connectivity index (χ0v) is 14.2. The molecule has 0 saturated carbocycles. The van der Waals surface area contributed by atoms with Crippen molar-refractivity contribution in [3.63, 3.8) is 0 Å². The van der Waals surface area contributed by atoms with E-state index in [2.05, 4.69) is 15.9 Å². The van der Waals surface area contributed by atoms with Crippen LogP contribution in [0, 0.1) is 0 Å². The molecule has 0 aromatic heterocycles. The van der Waals surface area contributed by atoms with Crippen molar-refractivity contribution in [3.05, 3.63) is 71.8 Å². The van der Waals surface area contributed by atoms with Crippen molar-refractivity contribution in [2.24, 2.45) is 0 Å². The zero-order valence-electron chi connectivity index (χ0n) is 12.6. The normalized spacial score (nSPS) is 10.5. The van der Waals surface area contributed by atoms with Crippen LogP contribution in [0.3, 0.4) is 0 Å². The second kappa shape index (κ2) is 6.84. The van der Waals surface area contributed by atoms with Gasteiger partial charge in [-0.25, -0.2) is 4.79 Å². The summed E-state index contributed by atoms with van der Waals surface area (Å²) in [6.07, 6.45) is 0. The van der Waals surface area contributed by atoms with E-state index < -0.39 is 5.97 Å². The zero-order chi connectivity index (χ0) is 16.2. The number of fused-ring (bicyclic) bond motifs is 1. The van der Waals surface area contributed by atoms with Crippen molar-refractivity contribution in [2.45, 2.75) is 5.33 Å². The summed E-state index contributed by atoms with van der Waals surface area (Å²) in [5, 5.41) is 2.45. The third-order valence-electron chi connectivity index (χ3n) is 3.59. The first-order chi connectivity index (χ1) is 11.2. The number of hydrogen-bond acceptors (Lipinski definition) is 3. The minimum atomic E-state index is -0.423. The smallest absolute Gasteiger partial charge is 0.347 e. The minimum Gasteiger partial charge on any atom is -0.495 e. The quantitative estimate of drug-likeness (QED) is 0.369. The van der Waals surface area contributed by atoms with Gasteiger partial charge in [0.2, 0.25) is 0 Å². The molecular weight excluding hydrogens is 356 g/mol. The Labute approximate surface area is 143 Å². The number of ether oxygens (including phenoxy) is 2. The maximum atomic E-state index is 12.7. The van der Waals surface area contributed by atoms with Crippen LogP contribution in [0.1, 0.15) is 15.9 Å². The van der Waals surface area contributed by atoms with Crippen molar-refractivity contribution >= 4 is 32.7 Å². The van der Waals surface area contributed by atoms with E-state index in [0.29, 0.717) is 22.4 Å². The lowest BCUT2D eigenvalue weighted by Crippen LogP contribution is -2.13. The monoisotopic (exact) mass is 370 g/mol. The molecule has 0 amide bonds. The molecule has 116 valence electrons. The molecule has 0 atom stereocenters. The van der Waals surface area contributed by atoms with E-state index in [1.54, 1.807) is 19.2 Å². The second-order valence-corrected chi connectivity index (χ2v) is 5.56. The molecule has 23 heavy (non-hydrogen) atoms. The van der Waals surface area contributed by atoms with Crippen LogP contribution < -0.4 is 9.47 Å². The number of rotatable bonds is 4. The third-order valence-corrected chi connectivity index (χ3v) is 4.19. The molecule has 0 fully saturated rings. The number of carbonyl (C=O) groups excluding carboxylic acids is 1. The predicted octanol–water partition coefficient (Wildman–Crippen LogP) is 4.96. The van der Waals surface area contributed by atoms with Crippen LogP contribution >= 0.6 is 15.9 Å². The molecule has 0 radical (unpaired) electrons. The van der Waals surface area contributed by atoms with Crippen LogP contribution in [0.4, 0.5) is 0 Å². The van der Waals surface area contributed by atoms with Gasteiger partial charge in [0.15, 0.2) is 0 Å². The minimum absolute atomic E-state index is 0.423. The van der Waals surface area contributed by atoms with Gasteiger partial charge in [0, 0.05) is 10.7 Å². The van der Waals surface area contributed by atoms with Gasteiger partial charge in [-0.15, -0.1) is 0 Å². The molecule has 4 heteroatoms. The van der Waals surface area contributed by atoms with Gasteiger partial charge in [-0.1, -0.05) is 58.4 Å². The average molecular weight is 371 g/mol. The lowest BCUT2D eigenvalue weighted by atomic mass is 10.00. The van der Waals surface area contributed by atoms with Gasteiger partial charge in [-0.05, 0) is 29.1 Å². The fraction of sp³-hybridized carbons (Fsp3) is 0.105. The first-order valence-corrected chi connectivity index (χ1v) is 8.28. The highest BCUT2D eigenvalue weighted by atomic mass is 79.9. The first-order valence-electron chi connectivity index (χ1n) is 7.16. The van der Waals surface area contributed by atoms with Gasteiger partial charge in [-0.2, -0.15) is 0 Å². The van der Waals surface area contributed by atoms with Gasteiger partial charge in [0.05, 0.1) is 7.11 Å². The van der Waals surface area contributed by atoms with Gasteiger partial charge in [0.25, 0.3) is 0 Å². The number of benzene rings is 3. The Hall–Kier alpha value is -2.33. The molecular formula is C19H15BrO3. The lowest BCUT2D eigenvalue weighted by molar-refractivity contribution is 0.0731. The Balaban J connectivity index is 2.13. The van der Waals surface area contributed by atoms with E-state index in [-0.39, 0.29) is 0 Å². The number of alkyl halides is 1. The fourth-order valence-electron chi connectivity index (χ4n) is 2.56. The second-order valence-electron chi connectivity index (χ2n) is 5.00. The Morgan fingerprint density at radius 3 is 2.43 bits per heavy atom.